The first-order chi connectivity index (χ1) is 8.49. The van der Waals surface area contributed by atoms with Crippen LogP contribution in [0, 0.1) is 16.0 Å². The normalized spacial score (nSPS) is 21.0. The van der Waals surface area contributed by atoms with Crippen LogP contribution in [0.2, 0.25) is 0 Å². The van der Waals surface area contributed by atoms with Gasteiger partial charge >= 0.3 is 5.88 Å². The fraction of sp³-hybridized carbons (Fsp3) is 0.545. The minimum absolute atomic E-state index is 0.00650. The number of amides is 1. The molecule has 0 radical (unpaired) electrons. The fourth-order valence-corrected chi connectivity index (χ4v) is 2.10. The second-order valence-electron chi connectivity index (χ2n) is 4.55. The topological polar surface area (TPSA) is 103 Å². The number of hydrogen-bond donors (Lipinski definition) is 1. The number of nitro groups is 1. The maximum absolute atomic E-state index is 12.0. The zero-order valence-corrected chi connectivity index (χ0v) is 10.0. The first kappa shape index (κ1) is 12.6. The van der Waals surface area contributed by atoms with Gasteiger partial charge in [0, 0.05) is 19.1 Å². The molecule has 2 rings (SSSR count). The molecule has 1 fully saturated rings. The standard InChI is InChI=1S/C11H15N3O4/c1-7(12)8-4-5-13(6-8)11(15)9-2-3-10(18-9)14(16)17/h2-3,7-8H,4-6,12H2,1H3. The Morgan fingerprint density at radius 2 is 2.39 bits per heavy atom. The average molecular weight is 253 g/mol. The Balaban J connectivity index is 2.05. The summed E-state index contributed by atoms with van der Waals surface area (Å²) in [6, 6.07) is 2.56. The van der Waals surface area contributed by atoms with Gasteiger partial charge in [-0.05, 0) is 25.3 Å². The molecule has 7 nitrogen and oxygen atoms in total. The van der Waals surface area contributed by atoms with Crippen LogP contribution in [0.5, 0.6) is 0 Å². The van der Waals surface area contributed by atoms with Gasteiger partial charge < -0.3 is 15.1 Å². The van der Waals surface area contributed by atoms with Crippen molar-refractivity contribution in [3.8, 4) is 0 Å². The van der Waals surface area contributed by atoms with Crippen LogP contribution in [-0.4, -0.2) is 34.9 Å². The molecule has 1 amide bonds. The lowest BCUT2D eigenvalue weighted by molar-refractivity contribution is -0.402. The molecule has 7 heteroatoms. The number of carbonyl (C=O) groups is 1. The number of carbonyl (C=O) groups excluding carboxylic acids is 1. The van der Waals surface area contributed by atoms with Crippen LogP contribution in [-0.2, 0) is 0 Å². The minimum atomic E-state index is -0.661. The van der Waals surface area contributed by atoms with Crippen molar-refractivity contribution in [2.24, 2.45) is 11.7 Å². The lowest BCUT2D eigenvalue weighted by atomic mass is 10.0. The monoisotopic (exact) mass is 253 g/mol. The third-order valence-corrected chi connectivity index (χ3v) is 3.24. The van der Waals surface area contributed by atoms with Gasteiger partial charge in [0.2, 0.25) is 0 Å². The largest absolute Gasteiger partial charge is 0.433 e. The van der Waals surface area contributed by atoms with Gasteiger partial charge in [-0.1, -0.05) is 0 Å². The van der Waals surface area contributed by atoms with Crippen molar-refractivity contribution in [3.05, 3.63) is 28.0 Å². The SMILES string of the molecule is CC(N)C1CCN(C(=O)c2ccc([N+](=O)[O-])o2)C1. The molecule has 0 spiro atoms. The average Bonchev–Trinajstić information content (AvgIpc) is 2.97. The van der Waals surface area contributed by atoms with Crippen LogP contribution in [0.25, 0.3) is 0 Å². The second-order valence-corrected chi connectivity index (χ2v) is 4.55. The summed E-state index contributed by atoms with van der Waals surface area (Å²) in [5, 5.41) is 10.5. The van der Waals surface area contributed by atoms with Crippen LogP contribution >= 0.6 is 0 Å². The Labute approximate surface area is 104 Å². The van der Waals surface area contributed by atoms with Gasteiger partial charge in [-0.15, -0.1) is 0 Å². The van der Waals surface area contributed by atoms with Gasteiger partial charge in [0.05, 0.1) is 6.07 Å². The number of furan rings is 1. The van der Waals surface area contributed by atoms with E-state index in [0.717, 1.165) is 6.42 Å². The van der Waals surface area contributed by atoms with Gasteiger partial charge in [0.25, 0.3) is 5.91 Å². The number of nitrogens with two attached hydrogens (primary N) is 1. The minimum Gasteiger partial charge on any atom is -0.395 e. The zero-order valence-electron chi connectivity index (χ0n) is 10.0. The summed E-state index contributed by atoms with van der Waals surface area (Å²) >= 11 is 0. The predicted molar refractivity (Wildman–Crippen MR) is 63.0 cm³/mol. The van der Waals surface area contributed by atoms with Crippen molar-refractivity contribution in [3.63, 3.8) is 0 Å². The summed E-state index contributed by atoms with van der Waals surface area (Å²) in [7, 11) is 0. The van der Waals surface area contributed by atoms with E-state index < -0.39 is 10.8 Å². The lowest BCUT2D eigenvalue weighted by Gasteiger charge is -2.16. The van der Waals surface area contributed by atoms with E-state index in [1.807, 2.05) is 6.92 Å². The highest BCUT2D eigenvalue weighted by molar-refractivity contribution is 5.91. The summed E-state index contributed by atoms with van der Waals surface area (Å²) in [4.78, 5) is 23.5. The van der Waals surface area contributed by atoms with Gasteiger partial charge in [-0.2, -0.15) is 0 Å². The molecule has 0 aliphatic carbocycles. The Bertz CT molecular complexity index is 469. The number of rotatable bonds is 3. The molecule has 2 heterocycles. The molecule has 1 saturated heterocycles. The molecule has 0 saturated carbocycles. The first-order valence-corrected chi connectivity index (χ1v) is 5.78. The summed E-state index contributed by atoms with van der Waals surface area (Å²) in [6.07, 6.45) is 0.853. The Kier molecular flexibility index (Phi) is 3.33. The number of hydrogen-bond acceptors (Lipinski definition) is 5. The van der Waals surface area contributed by atoms with E-state index in [1.54, 1.807) is 4.90 Å². The zero-order chi connectivity index (χ0) is 13.3. The van der Waals surface area contributed by atoms with Crippen LogP contribution < -0.4 is 5.73 Å². The van der Waals surface area contributed by atoms with Crippen molar-refractivity contribution < 1.29 is 14.1 Å². The van der Waals surface area contributed by atoms with Crippen molar-refractivity contribution in [1.82, 2.24) is 4.90 Å². The molecule has 2 atom stereocenters. The van der Waals surface area contributed by atoms with Gasteiger partial charge in [0.15, 0.2) is 5.76 Å². The Morgan fingerprint density at radius 1 is 1.67 bits per heavy atom. The maximum Gasteiger partial charge on any atom is 0.433 e. The fourth-order valence-electron chi connectivity index (χ4n) is 2.10. The van der Waals surface area contributed by atoms with E-state index in [2.05, 4.69) is 0 Å². The third-order valence-electron chi connectivity index (χ3n) is 3.24. The van der Waals surface area contributed by atoms with E-state index in [4.69, 9.17) is 10.2 Å². The van der Waals surface area contributed by atoms with Crippen molar-refractivity contribution >= 4 is 11.8 Å². The van der Waals surface area contributed by atoms with Crippen LogP contribution in [0.3, 0.4) is 0 Å². The number of likely N-dealkylation sites (tertiary alicyclic amines) is 1. The van der Waals surface area contributed by atoms with Crippen molar-refractivity contribution in [1.29, 1.82) is 0 Å². The number of nitrogens with zero attached hydrogens (tertiary/aromatic N) is 2. The van der Waals surface area contributed by atoms with E-state index in [-0.39, 0.29) is 23.6 Å². The van der Waals surface area contributed by atoms with E-state index in [9.17, 15) is 14.9 Å². The smallest absolute Gasteiger partial charge is 0.395 e. The molecule has 1 aromatic rings. The first-order valence-electron chi connectivity index (χ1n) is 5.78. The molecule has 1 aliphatic heterocycles. The molecule has 0 bridgehead atoms. The quantitative estimate of drug-likeness (QED) is 0.639. The van der Waals surface area contributed by atoms with Crippen LogP contribution in [0.1, 0.15) is 23.9 Å². The molecule has 1 aliphatic rings. The third kappa shape index (κ3) is 2.35. The molecule has 98 valence electrons. The van der Waals surface area contributed by atoms with Crippen molar-refractivity contribution in [2.45, 2.75) is 19.4 Å². The Morgan fingerprint density at radius 3 is 2.89 bits per heavy atom. The summed E-state index contributed by atoms with van der Waals surface area (Å²) in [6.45, 7) is 3.10. The molecular formula is C11H15N3O4. The Hall–Kier alpha value is -1.89. The predicted octanol–water partition coefficient (Wildman–Crippen LogP) is 0.997. The highest BCUT2D eigenvalue weighted by Gasteiger charge is 2.31. The molecule has 1 aromatic heterocycles. The van der Waals surface area contributed by atoms with Gasteiger partial charge in [0.1, 0.15) is 4.92 Å². The molecule has 18 heavy (non-hydrogen) atoms. The van der Waals surface area contributed by atoms with Gasteiger partial charge in [-0.25, -0.2) is 0 Å². The van der Waals surface area contributed by atoms with Crippen LogP contribution in [0.4, 0.5) is 5.88 Å². The van der Waals surface area contributed by atoms with Crippen molar-refractivity contribution in [2.75, 3.05) is 13.1 Å². The summed E-state index contributed by atoms with van der Waals surface area (Å²) in [5.41, 5.74) is 5.79. The molecule has 0 aromatic carbocycles. The van der Waals surface area contributed by atoms with Crippen LogP contribution in [0.15, 0.2) is 16.5 Å². The molecule has 2 unspecified atom stereocenters. The summed E-state index contributed by atoms with van der Waals surface area (Å²) < 4.78 is 4.89. The summed E-state index contributed by atoms with van der Waals surface area (Å²) in [5.74, 6) is -0.446. The van der Waals surface area contributed by atoms with E-state index in [1.165, 1.54) is 12.1 Å². The highest BCUT2D eigenvalue weighted by atomic mass is 16.6. The van der Waals surface area contributed by atoms with E-state index >= 15 is 0 Å². The maximum atomic E-state index is 12.0. The van der Waals surface area contributed by atoms with Gasteiger partial charge in [-0.3, -0.25) is 14.9 Å². The highest BCUT2D eigenvalue weighted by Crippen LogP contribution is 2.23. The van der Waals surface area contributed by atoms with E-state index in [0.29, 0.717) is 13.1 Å². The lowest BCUT2D eigenvalue weighted by Crippen LogP contribution is -2.32. The molecule has 2 N–H and O–H groups in total. The second kappa shape index (κ2) is 4.77. The molecular weight excluding hydrogens is 238 g/mol.